The molecule has 0 radical (unpaired) electrons. The van der Waals surface area contributed by atoms with Crippen molar-refractivity contribution in [1.29, 1.82) is 0 Å². The summed E-state index contributed by atoms with van der Waals surface area (Å²) in [6.45, 7) is 2.89. The highest BCUT2D eigenvalue weighted by atomic mass is 32.2. The van der Waals surface area contributed by atoms with Gasteiger partial charge in [0.1, 0.15) is 11.4 Å². The molecule has 2 heterocycles. The van der Waals surface area contributed by atoms with Gasteiger partial charge in [-0.25, -0.2) is 8.42 Å². The molecule has 4 aromatic rings. The molecule has 5 rings (SSSR count). The van der Waals surface area contributed by atoms with E-state index in [1.807, 2.05) is 43.3 Å². The minimum absolute atomic E-state index is 0.244. The fourth-order valence-electron chi connectivity index (χ4n) is 4.79. The van der Waals surface area contributed by atoms with Crippen LogP contribution in [0.1, 0.15) is 35.2 Å². The smallest absolute Gasteiger partial charge is 0.252 e. The molecule has 1 amide bonds. The Morgan fingerprint density at radius 3 is 2.42 bits per heavy atom. The third kappa shape index (κ3) is 4.80. The van der Waals surface area contributed by atoms with E-state index < -0.39 is 15.9 Å². The minimum atomic E-state index is -3.62. The van der Waals surface area contributed by atoms with E-state index in [2.05, 4.69) is 15.5 Å². The van der Waals surface area contributed by atoms with Crippen molar-refractivity contribution in [2.45, 2.75) is 31.1 Å². The summed E-state index contributed by atoms with van der Waals surface area (Å²) in [5.41, 5.74) is 8.29. The molecule has 0 spiro atoms. The summed E-state index contributed by atoms with van der Waals surface area (Å²) in [6.07, 6.45) is 2.79. The lowest BCUT2D eigenvalue weighted by atomic mass is 10.0. The van der Waals surface area contributed by atoms with Crippen LogP contribution in [0.25, 0.3) is 22.0 Å². The second-order valence-electron chi connectivity index (χ2n) is 9.29. The molecule has 1 aromatic heterocycles. The molecule has 1 fully saturated rings. The second kappa shape index (κ2) is 10.4. The molecule has 10 heteroatoms. The van der Waals surface area contributed by atoms with E-state index in [0.29, 0.717) is 52.1 Å². The number of aryl methyl sites for hydroxylation is 1. The highest BCUT2D eigenvalue weighted by molar-refractivity contribution is 7.89. The Morgan fingerprint density at radius 2 is 1.71 bits per heavy atom. The average molecular weight is 532 g/mol. The lowest BCUT2D eigenvalue weighted by molar-refractivity contribution is 0.0997. The van der Waals surface area contributed by atoms with Crippen molar-refractivity contribution in [3.8, 4) is 17.0 Å². The second-order valence-corrected chi connectivity index (χ2v) is 11.2. The highest BCUT2D eigenvalue weighted by Gasteiger charge is 2.28. The van der Waals surface area contributed by atoms with Gasteiger partial charge >= 0.3 is 0 Å². The standard InChI is InChI=1S/C28H29N5O4S/c1-18-10-11-19(16-25(18)38(35,36)33-14-6-3-7-15-33)26-21-8-4-5-9-22(21)28(32-31-26)30-20-12-13-24(37-2)23(17-20)27(29)34/h4-5,8-13,16-17H,3,6-7,14-15H2,1-2H3,(H2,29,34)(H,30,32). The Hall–Kier alpha value is -4.02. The molecule has 3 aromatic carbocycles. The summed E-state index contributed by atoms with van der Waals surface area (Å²) in [5.74, 6) is 0.258. The maximum Gasteiger partial charge on any atom is 0.252 e. The fraction of sp³-hybridized carbons (Fsp3) is 0.250. The number of amides is 1. The van der Waals surface area contributed by atoms with Gasteiger partial charge < -0.3 is 15.8 Å². The number of aromatic nitrogens is 2. The van der Waals surface area contributed by atoms with Gasteiger partial charge in [-0.3, -0.25) is 4.79 Å². The highest BCUT2D eigenvalue weighted by Crippen LogP contribution is 2.34. The molecule has 0 saturated carbocycles. The van der Waals surface area contributed by atoms with E-state index in [1.54, 1.807) is 28.6 Å². The van der Waals surface area contributed by atoms with Crippen LogP contribution in [-0.2, 0) is 10.0 Å². The minimum Gasteiger partial charge on any atom is -0.496 e. The molecule has 1 aliphatic rings. The van der Waals surface area contributed by atoms with E-state index in [1.165, 1.54) is 7.11 Å². The molecule has 9 nitrogen and oxygen atoms in total. The molecule has 0 atom stereocenters. The SMILES string of the molecule is COc1ccc(Nc2nnc(-c3ccc(C)c(S(=O)(=O)N4CCCCC4)c3)c3ccccc23)cc1C(N)=O. The predicted molar refractivity (Wildman–Crippen MR) is 147 cm³/mol. The van der Waals surface area contributed by atoms with Gasteiger partial charge in [-0.2, -0.15) is 4.31 Å². The van der Waals surface area contributed by atoms with E-state index in [0.717, 1.165) is 30.0 Å². The Labute approximate surface area is 221 Å². The quantitative estimate of drug-likeness (QED) is 0.356. The monoisotopic (exact) mass is 531 g/mol. The molecule has 38 heavy (non-hydrogen) atoms. The van der Waals surface area contributed by atoms with Crippen LogP contribution in [0.15, 0.2) is 65.6 Å². The number of hydrogen-bond acceptors (Lipinski definition) is 7. The van der Waals surface area contributed by atoms with E-state index in [9.17, 15) is 13.2 Å². The Balaban J connectivity index is 1.56. The van der Waals surface area contributed by atoms with Gasteiger partial charge in [-0.1, -0.05) is 42.8 Å². The van der Waals surface area contributed by atoms with Gasteiger partial charge in [0.15, 0.2) is 5.82 Å². The molecule has 1 aliphatic heterocycles. The van der Waals surface area contributed by atoms with E-state index in [-0.39, 0.29) is 5.56 Å². The first-order valence-corrected chi connectivity index (χ1v) is 13.8. The van der Waals surface area contributed by atoms with Gasteiger partial charge in [-0.15, -0.1) is 10.2 Å². The van der Waals surface area contributed by atoms with Crippen molar-refractivity contribution < 1.29 is 17.9 Å². The third-order valence-corrected chi connectivity index (χ3v) is 8.85. The van der Waals surface area contributed by atoms with Crippen molar-refractivity contribution in [2.75, 3.05) is 25.5 Å². The Kier molecular flexibility index (Phi) is 7.00. The van der Waals surface area contributed by atoms with Gasteiger partial charge in [0.2, 0.25) is 10.0 Å². The summed E-state index contributed by atoms with van der Waals surface area (Å²) >= 11 is 0. The van der Waals surface area contributed by atoms with Crippen LogP contribution in [0.2, 0.25) is 0 Å². The number of ether oxygens (including phenoxy) is 1. The number of nitrogens with one attached hydrogen (secondary N) is 1. The zero-order valence-corrected chi connectivity index (χ0v) is 22.1. The number of methoxy groups -OCH3 is 1. The number of fused-ring (bicyclic) bond motifs is 1. The summed E-state index contributed by atoms with van der Waals surface area (Å²) in [4.78, 5) is 12.2. The first-order chi connectivity index (χ1) is 18.3. The summed E-state index contributed by atoms with van der Waals surface area (Å²) < 4.78 is 33.7. The van der Waals surface area contributed by atoms with E-state index >= 15 is 0 Å². The number of carbonyl (C=O) groups is 1. The molecule has 3 N–H and O–H groups in total. The van der Waals surface area contributed by atoms with Crippen molar-refractivity contribution in [1.82, 2.24) is 14.5 Å². The summed E-state index contributed by atoms with van der Waals surface area (Å²) in [7, 11) is -2.14. The number of sulfonamides is 1. The van der Waals surface area contributed by atoms with Crippen molar-refractivity contribution in [3.63, 3.8) is 0 Å². The van der Waals surface area contributed by atoms with Gasteiger partial charge in [-0.05, 0) is 49.6 Å². The topological polar surface area (TPSA) is 128 Å². The maximum atomic E-state index is 13.5. The van der Waals surface area contributed by atoms with Crippen LogP contribution < -0.4 is 15.8 Å². The largest absolute Gasteiger partial charge is 0.496 e. The van der Waals surface area contributed by atoms with Crippen molar-refractivity contribution in [2.24, 2.45) is 5.73 Å². The van der Waals surface area contributed by atoms with Crippen molar-refractivity contribution >= 4 is 38.2 Å². The number of nitrogens with two attached hydrogens (primary N) is 1. The lowest BCUT2D eigenvalue weighted by Crippen LogP contribution is -2.35. The van der Waals surface area contributed by atoms with Crippen LogP contribution in [0.3, 0.4) is 0 Å². The predicted octanol–water partition coefficient (Wildman–Crippen LogP) is 4.63. The zero-order chi connectivity index (χ0) is 26.9. The average Bonchev–Trinajstić information content (AvgIpc) is 2.94. The number of hydrogen-bond donors (Lipinski definition) is 2. The Morgan fingerprint density at radius 1 is 0.974 bits per heavy atom. The van der Waals surface area contributed by atoms with Gasteiger partial charge in [0.25, 0.3) is 5.91 Å². The summed E-state index contributed by atoms with van der Waals surface area (Å²) in [5, 5.41) is 13.7. The molecule has 0 aliphatic carbocycles. The number of anilines is 2. The third-order valence-electron chi connectivity index (χ3n) is 6.81. The molecular weight excluding hydrogens is 502 g/mol. The number of nitrogens with zero attached hydrogens (tertiary/aromatic N) is 3. The van der Waals surface area contributed by atoms with E-state index in [4.69, 9.17) is 10.5 Å². The van der Waals surface area contributed by atoms with Crippen LogP contribution in [0.4, 0.5) is 11.5 Å². The molecular formula is C28H29N5O4S. The van der Waals surface area contributed by atoms with Crippen LogP contribution in [0.5, 0.6) is 5.75 Å². The maximum absolute atomic E-state index is 13.5. The number of benzene rings is 3. The van der Waals surface area contributed by atoms with Gasteiger partial charge in [0, 0.05) is 35.1 Å². The van der Waals surface area contributed by atoms with Gasteiger partial charge in [0.05, 0.1) is 17.6 Å². The molecule has 1 saturated heterocycles. The lowest BCUT2D eigenvalue weighted by Gasteiger charge is -2.26. The van der Waals surface area contributed by atoms with Crippen LogP contribution in [0, 0.1) is 6.92 Å². The number of rotatable bonds is 7. The van der Waals surface area contributed by atoms with Crippen LogP contribution >= 0.6 is 0 Å². The molecule has 0 unspecified atom stereocenters. The fourth-order valence-corrected chi connectivity index (χ4v) is 6.56. The van der Waals surface area contributed by atoms with Crippen molar-refractivity contribution in [3.05, 3.63) is 71.8 Å². The first-order valence-electron chi connectivity index (χ1n) is 12.4. The number of primary amides is 1. The molecule has 0 bridgehead atoms. The normalized spacial score (nSPS) is 14.4. The summed E-state index contributed by atoms with van der Waals surface area (Å²) in [6, 6.07) is 18.0. The first kappa shape index (κ1) is 25.6. The number of piperidine rings is 1. The zero-order valence-electron chi connectivity index (χ0n) is 21.3. The Bertz CT molecular complexity index is 1630. The number of carbonyl (C=O) groups excluding carboxylic acids is 1. The molecule has 196 valence electrons. The van der Waals surface area contributed by atoms with Crippen LogP contribution in [-0.4, -0.2) is 49.0 Å².